The van der Waals surface area contributed by atoms with Crippen molar-refractivity contribution in [2.24, 2.45) is 0 Å². The van der Waals surface area contributed by atoms with Gasteiger partial charge in [-0.05, 0) is 12.1 Å². The number of carbonyl (C=O) groups excluding carboxylic acids is 1. The zero-order valence-electron chi connectivity index (χ0n) is 8.80. The molecule has 0 aromatic heterocycles. The minimum Gasteiger partial charge on any atom is -0.395 e. The van der Waals surface area contributed by atoms with Crippen LogP contribution in [0.4, 0.5) is 5.69 Å². The summed E-state index contributed by atoms with van der Waals surface area (Å²) >= 11 is 0. The van der Waals surface area contributed by atoms with Crippen LogP contribution in [0, 0.1) is 0 Å². The number of hydrogen-bond donors (Lipinski definition) is 2. The third kappa shape index (κ3) is 3.04. The van der Waals surface area contributed by atoms with E-state index in [0.717, 1.165) is 0 Å². The third-order valence-electron chi connectivity index (χ3n) is 1.89. The van der Waals surface area contributed by atoms with Gasteiger partial charge in [-0.1, -0.05) is 12.1 Å². The first-order chi connectivity index (χ1) is 7.47. The second-order valence-corrected chi connectivity index (χ2v) is 5.30. The molecule has 0 unspecified atom stereocenters. The molecule has 0 saturated heterocycles. The van der Waals surface area contributed by atoms with Crippen molar-refractivity contribution < 1.29 is 18.3 Å². The second-order valence-electron chi connectivity index (χ2n) is 3.22. The lowest BCUT2D eigenvalue weighted by atomic mass is 10.3. The average Bonchev–Trinajstić information content (AvgIpc) is 2.17. The van der Waals surface area contributed by atoms with E-state index in [2.05, 4.69) is 5.32 Å². The van der Waals surface area contributed by atoms with Gasteiger partial charge in [0.05, 0.1) is 22.9 Å². The second kappa shape index (κ2) is 5.09. The van der Waals surface area contributed by atoms with E-state index in [-0.39, 0.29) is 22.2 Å². The molecule has 6 heteroatoms. The normalized spacial score (nSPS) is 11.1. The van der Waals surface area contributed by atoms with Gasteiger partial charge in [-0.25, -0.2) is 8.42 Å². The molecule has 2 N–H and O–H groups in total. The van der Waals surface area contributed by atoms with Crippen LogP contribution in [0.5, 0.6) is 0 Å². The molecule has 1 aromatic rings. The standard InChI is InChI=1S/C10H13NO4S/c1-8(13)11-9-4-2-3-5-10(9)16(14,15)7-6-12/h2-5,12H,6-7H2,1H3,(H,11,13). The molecule has 0 atom stereocenters. The molecule has 0 bridgehead atoms. The molecule has 0 spiro atoms. The Morgan fingerprint density at radius 3 is 2.56 bits per heavy atom. The topological polar surface area (TPSA) is 83.5 Å². The van der Waals surface area contributed by atoms with E-state index in [0.29, 0.717) is 0 Å². The van der Waals surface area contributed by atoms with E-state index in [1.165, 1.54) is 19.1 Å². The van der Waals surface area contributed by atoms with Crippen molar-refractivity contribution in [3.63, 3.8) is 0 Å². The molecule has 0 saturated carbocycles. The highest BCUT2D eigenvalue weighted by Gasteiger charge is 2.17. The molecule has 1 rings (SSSR count). The zero-order chi connectivity index (χ0) is 12.2. The van der Waals surface area contributed by atoms with Crippen LogP contribution in [-0.2, 0) is 14.6 Å². The fourth-order valence-corrected chi connectivity index (χ4v) is 2.46. The number of amides is 1. The highest BCUT2D eigenvalue weighted by molar-refractivity contribution is 7.91. The number of para-hydroxylation sites is 1. The van der Waals surface area contributed by atoms with Crippen molar-refractivity contribution in [2.75, 3.05) is 17.7 Å². The summed E-state index contributed by atoms with van der Waals surface area (Å²) in [7, 11) is -3.55. The summed E-state index contributed by atoms with van der Waals surface area (Å²) in [6, 6.07) is 6.10. The van der Waals surface area contributed by atoms with Gasteiger partial charge in [0.2, 0.25) is 5.91 Å². The SMILES string of the molecule is CC(=O)Nc1ccccc1S(=O)(=O)CCO. The molecule has 0 heterocycles. The van der Waals surface area contributed by atoms with E-state index in [1.54, 1.807) is 12.1 Å². The molecule has 1 amide bonds. The Morgan fingerprint density at radius 2 is 2.00 bits per heavy atom. The summed E-state index contributed by atoms with van der Waals surface area (Å²) in [4.78, 5) is 10.9. The Hall–Kier alpha value is -1.40. The maximum absolute atomic E-state index is 11.7. The van der Waals surface area contributed by atoms with Crippen LogP contribution in [0.1, 0.15) is 6.92 Å². The number of rotatable bonds is 4. The van der Waals surface area contributed by atoms with Crippen LogP contribution in [0.15, 0.2) is 29.2 Å². The summed E-state index contributed by atoms with van der Waals surface area (Å²) in [5.41, 5.74) is 0.239. The first kappa shape index (κ1) is 12.7. The van der Waals surface area contributed by atoms with Gasteiger partial charge in [-0.15, -0.1) is 0 Å². The van der Waals surface area contributed by atoms with E-state index in [4.69, 9.17) is 5.11 Å². The number of sulfone groups is 1. The highest BCUT2D eigenvalue weighted by Crippen LogP contribution is 2.21. The van der Waals surface area contributed by atoms with Gasteiger partial charge in [-0.2, -0.15) is 0 Å². The zero-order valence-corrected chi connectivity index (χ0v) is 9.62. The predicted octanol–water partition coefficient (Wildman–Crippen LogP) is 0.411. The predicted molar refractivity (Wildman–Crippen MR) is 59.9 cm³/mol. The largest absolute Gasteiger partial charge is 0.395 e. The molecule has 0 aliphatic rings. The van der Waals surface area contributed by atoms with Crippen LogP contribution in [0.3, 0.4) is 0 Å². The molecule has 1 aromatic carbocycles. The molecule has 88 valence electrons. The lowest BCUT2D eigenvalue weighted by molar-refractivity contribution is -0.114. The van der Waals surface area contributed by atoms with Gasteiger partial charge in [0, 0.05) is 6.92 Å². The first-order valence-corrected chi connectivity index (χ1v) is 6.33. The maximum atomic E-state index is 11.7. The first-order valence-electron chi connectivity index (χ1n) is 4.67. The number of benzene rings is 1. The lowest BCUT2D eigenvalue weighted by Gasteiger charge is -2.09. The van der Waals surface area contributed by atoms with E-state index in [9.17, 15) is 13.2 Å². The number of aliphatic hydroxyl groups is 1. The van der Waals surface area contributed by atoms with Gasteiger partial charge in [0.15, 0.2) is 9.84 Å². The quantitative estimate of drug-likeness (QED) is 0.802. The molecule has 0 aliphatic carbocycles. The van der Waals surface area contributed by atoms with Crippen LogP contribution in [0.25, 0.3) is 0 Å². The van der Waals surface area contributed by atoms with Gasteiger partial charge in [0.25, 0.3) is 0 Å². The number of hydrogen-bond acceptors (Lipinski definition) is 4. The van der Waals surface area contributed by atoms with Crippen molar-refractivity contribution in [1.29, 1.82) is 0 Å². The molecular formula is C10H13NO4S. The fourth-order valence-electron chi connectivity index (χ4n) is 1.26. The van der Waals surface area contributed by atoms with E-state index >= 15 is 0 Å². The van der Waals surface area contributed by atoms with Crippen molar-refractivity contribution in [1.82, 2.24) is 0 Å². The summed E-state index contributed by atoms with van der Waals surface area (Å²) < 4.78 is 23.4. The number of aliphatic hydroxyl groups excluding tert-OH is 1. The van der Waals surface area contributed by atoms with Crippen LogP contribution >= 0.6 is 0 Å². The fraction of sp³-hybridized carbons (Fsp3) is 0.300. The Balaban J connectivity index is 3.18. The molecule has 16 heavy (non-hydrogen) atoms. The molecule has 0 aliphatic heterocycles. The van der Waals surface area contributed by atoms with Crippen LogP contribution in [0.2, 0.25) is 0 Å². The third-order valence-corrected chi connectivity index (χ3v) is 3.64. The Labute approximate surface area is 94.0 Å². The van der Waals surface area contributed by atoms with Crippen molar-refractivity contribution in [3.8, 4) is 0 Å². The van der Waals surface area contributed by atoms with Crippen molar-refractivity contribution in [3.05, 3.63) is 24.3 Å². The lowest BCUT2D eigenvalue weighted by Crippen LogP contribution is -2.14. The van der Waals surface area contributed by atoms with Gasteiger partial charge >= 0.3 is 0 Å². The summed E-state index contributed by atoms with van der Waals surface area (Å²) in [6.45, 7) is 0.853. The number of anilines is 1. The van der Waals surface area contributed by atoms with Crippen LogP contribution < -0.4 is 5.32 Å². The van der Waals surface area contributed by atoms with Gasteiger partial charge in [-0.3, -0.25) is 4.79 Å². The van der Waals surface area contributed by atoms with E-state index in [1.807, 2.05) is 0 Å². The number of carbonyl (C=O) groups is 1. The van der Waals surface area contributed by atoms with Gasteiger partial charge < -0.3 is 10.4 Å². The molecule has 0 radical (unpaired) electrons. The minimum absolute atomic E-state index is 0.0271. The van der Waals surface area contributed by atoms with E-state index < -0.39 is 16.4 Å². The smallest absolute Gasteiger partial charge is 0.221 e. The maximum Gasteiger partial charge on any atom is 0.221 e. The molecule has 0 fully saturated rings. The Kier molecular flexibility index (Phi) is 4.03. The van der Waals surface area contributed by atoms with Crippen molar-refractivity contribution in [2.45, 2.75) is 11.8 Å². The molecular weight excluding hydrogens is 230 g/mol. The summed E-state index contributed by atoms with van der Waals surface area (Å²) in [5.74, 6) is -0.699. The highest BCUT2D eigenvalue weighted by atomic mass is 32.2. The Morgan fingerprint density at radius 1 is 1.38 bits per heavy atom. The van der Waals surface area contributed by atoms with Gasteiger partial charge in [0.1, 0.15) is 0 Å². The molecule has 5 nitrogen and oxygen atoms in total. The van der Waals surface area contributed by atoms with Crippen molar-refractivity contribution >= 4 is 21.4 Å². The Bertz CT molecular complexity index is 481. The average molecular weight is 243 g/mol. The summed E-state index contributed by atoms with van der Waals surface area (Å²) in [5, 5.41) is 11.1. The minimum atomic E-state index is -3.55. The number of nitrogens with one attached hydrogen (secondary N) is 1. The van der Waals surface area contributed by atoms with Crippen LogP contribution in [-0.4, -0.2) is 31.8 Å². The summed E-state index contributed by atoms with van der Waals surface area (Å²) in [6.07, 6.45) is 0. The monoisotopic (exact) mass is 243 g/mol.